The van der Waals surface area contributed by atoms with Gasteiger partial charge in [0, 0.05) is 25.3 Å². The first-order valence-electron chi connectivity index (χ1n) is 7.24. The van der Waals surface area contributed by atoms with Gasteiger partial charge in [-0.2, -0.15) is 0 Å². The van der Waals surface area contributed by atoms with Crippen LogP contribution < -0.4 is 11.1 Å². The third-order valence-corrected chi connectivity index (χ3v) is 3.35. The summed E-state index contributed by atoms with van der Waals surface area (Å²) in [6, 6.07) is 7.32. The third kappa shape index (κ3) is 5.72. The number of rotatable bonds is 8. The molecular formula is C16H26N2O2. The van der Waals surface area contributed by atoms with Crippen LogP contribution >= 0.6 is 0 Å². The molecule has 1 rings (SSSR count). The van der Waals surface area contributed by atoms with E-state index in [1.807, 2.05) is 12.1 Å². The summed E-state index contributed by atoms with van der Waals surface area (Å²) in [5.74, 6) is 0.819. The molecule has 1 atom stereocenters. The molecule has 4 N–H and O–H groups in total. The SMILES string of the molecule is CC(C)CC(CCO)CNC(=O)c1ccc(CN)cc1. The number of benzene rings is 1. The van der Waals surface area contributed by atoms with Crippen molar-refractivity contribution >= 4 is 5.91 Å². The normalized spacial score (nSPS) is 12.4. The molecule has 0 radical (unpaired) electrons. The fourth-order valence-electron chi connectivity index (χ4n) is 2.28. The van der Waals surface area contributed by atoms with Crippen molar-refractivity contribution < 1.29 is 9.90 Å². The number of nitrogens with two attached hydrogens (primary N) is 1. The molecule has 4 nitrogen and oxygen atoms in total. The predicted molar refractivity (Wildman–Crippen MR) is 81.3 cm³/mol. The van der Waals surface area contributed by atoms with Crippen LogP contribution in [0.3, 0.4) is 0 Å². The molecule has 0 aliphatic rings. The zero-order valence-corrected chi connectivity index (χ0v) is 12.4. The number of hydrogen-bond acceptors (Lipinski definition) is 3. The van der Waals surface area contributed by atoms with E-state index in [2.05, 4.69) is 19.2 Å². The van der Waals surface area contributed by atoms with Crippen molar-refractivity contribution in [2.45, 2.75) is 33.2 Å². The van der Waals surface area contributed by atoms with Crippen molar-refractivity contribution in [1.29, 1.82) is 0 Å². The first-order valence-corrected chi connectivity index (χ1v) is 7.24. The number of carbonyl (C=O) groups is 1. The first-order chi connectivity index (χ1) is 9.56. The van der Waals surface area contributed by atoms with Gasteiger partial charge in [0.2, 0.25) is 0 Å². The maximum absolute atomic E-state index is 12.0. The Bertz CT molecular complexity index is 401. The van der Waals surface area contributed by atoms with E-state index in [4.69, 9.17) is 10.8 Å². The van der Waals surface area contributed by atoms with E-state index >= 15 is 0 Å². The molecule has 0 fully saturated rings. The molecule has 1 unspecified atom stereocenters. The highest BCUT2D eigenvalue weighted by Crippen LogP contribution is 2.14. The Morgan fingerprint density at radius 2 is 1.95 bits per heavy atom. The summed E-state index contributed by atoms with van der Waals surface area (Å²) in [6.07, 6.45) is 1.73. The van der Waals surface area contributed by atoms with E-state index in [1.54, 1.807) is 12.1 Å². The van der Waals surface area contributed by atoms with Crippen LogP contribution in [0.2, 0.25) is 0 Å². The summed E-state index contributed by atoms with van der Waals surface area (Å²) in [5, 5.41) is 12.0. The largest absolute Gasteiger partial charge is 0.396 e. The molecule has 112 valence electrons. The van der Waals surface area contributed by atoms with Gasteiger partial charge in [0.15, 0.2) is 0 Å². The summed E-state index contributed by atoms with van der Waals surface area (Å²) in [6.45, 7) is 5.55. The highest BCUT2D eigenvalue weighted by atomic mass is 16.3. The van der Waals surface area contributed by atoms with Gasteiger partial charge in [-0.25, -0.2) is 0 Å². The van der Waals surface area contributed by atoms with E-state index in [1.165, 1.54) is 0 Å². The van der Waals surface area contributed by atoms with Gasteiger partial charge in [-0.3, -0.25) is 4.79 Å². The van der Waals surface area contributed by atoms with E-state index in [0.29, 0.717) is 30.5 Å². The molecule has 0 aliphatic heterocycles. The Kier molecular flexibility index (Phi) is 7.26. The molecule has 0 heterocycles. The Morgan fingerprint density at radius 3 is 2.45 bits per heavy atom. The Labute approximate surface area is 121 Å². The van der Waals surface area contributed by atoms with Crippen LogP contribution in [-0.2, 0) is 6.54 Å². The maximum Gasteiger partial charge on any atom is 0.251 e. The van der Waals surface area contributed by atoms with Crippen LogP contribution in [0.25, 0.3) is 0 Å². The molecule has 0 bridgehead atoms. The second-order valence-electron chi connectivity index (χ2n) is 5.62. The fraction of sp³-hybridized carbons (Fsp3) is 0.562. The Balaban J connectivity index is 2.51. The number of hydrogen-bond donors (Lipinski definition) is 3. The van der Waals surface area contributed by atoms with Crippen LogP contribution in [0.1, 0.15) is 42.6 Å². The smallest absolute Gasteiger partial charge is 0.251 e. The number of nitrogens with one attached hydrogen (secondary N) is 1. The van der Waals surface area contributed by atoms with E-state index < -0.39 is 0 Å². The highest BCUT2D eigenvalue weighted by molar-refractivity contribution is 5.94. The molecule has 20 heavy (non-hydrogen) atoms. The van der Waals surface area contributed by atoms with Crippen LogP contribution in [0.15, 0.2) is 24.3 Å². The fourth-order valence-corrected chi connectivity index (χ4v) is 2.28. The maximum atomic E-state index is 12.0. The molecular weight excluding hydrogens is 252 g/mol. The lowest BCUT2D eigenvalue weighted by Gasteiger charge is -2.18. The molecule has 1 amide bonds. The van der Waals surface area contributed by atoms with E-state index in [0.717, 1.165) is 18.4 Å². The minimum Gasteiger partial charge on any atom is -0.396 e. The monoisotopic (exact) mass is 278 g/mol. The Morgan fingerprint density at radius 1 is 1.30 bits per heavy atom. The standard InChI is InChI=1S/C16H26N2O2/c1-12(2)9-14(7-8-19)11-18-16(20)15-5-3-13(10-17)4-6-15/h3-6,12,14,19H,7-11,17H2,1-2H3,(H,18,20). The zero-order valence-electron chi connectivity index (χ0n) is 12.4. The van der Waals surface area contributed by atoms with Crippen LogP contribution in [-0.4, -0.2) is 24.2 Å². The third-order valence-electron chi connectivity index (χ3n) is 3.35. The van der Waals surface area contributed by atoms with Gasteiger partial charge in [-0.15, -0.1) is 0 Å². The number of carbonyl (C=O) groups excluding carboxylic acids is 1. The Hall–Kier alpha value is -1.39. The highest BCUT2D eigenvalue weighted by Gasteiger charge is 2.13. The lowest BCUT2D eigenvalue weighted by Crippen LogP contribution is -2.30. The quantitative estimate of drug-likeness (QED) is 0.680. The lowest BCUT2D eigenvalue weighted by atomic mass is 9.94. The minimum absolute atomic E-state index is 0.0692. The summed E-state index contributed by atoms with van der Waals surface area (Å²) in [7, 11) is 0. The van der Waals surface area contributed by atoms with E-state index in [-0.39, 0.29) is 12.5 Å². The van der Waals surface area contributed by atoms with Crippen LogP contribution in [0.4, 0.5) is 0 Å². The molecule has 0 saturated heterocycles. The van der Waals surface area contributed by atoms with Gasteiger partial charge in [-0.1, -0.05) is 26.0 Å². The first kappa shape index (κ1) is 16.7. The van der Waals surface area contributed by atoms with Crippen LogP contribution in [0.5, 0.6) is 0 Å². The topological polar surface area (TPSA) is 75.3 Å². The van der Waals surface area contributed by atoms with Gasteiger partial charge in [0.1, 0.15) is 0 Å². The number of aliphatic hydroxyl groups excluding tert-OH is 1. The molecule has 4 heteroatoms. The summed E-state index contributed by atoms with van der Waals surface area (Å²) >= 11 is 0. The molecule has 0 aliphatic carbocycles. The molecule has 0 spiro atoms. The predicted octanol–water partition coefficient (Wildman–Crippen LogP) is 1.92. The summed E-state index contributed by atoms with van der Waals surface area (Å²) < 4.78 is 0. The zero-order chi connectivity index (χ0) is 15.0. The summed E-state index contributed by atoms with van der Waals surface area (Å²) in [5.41, 5.74) is 7.19. The molecule has 0 aromatic heterocycles. The van der Waals surface area contributed by atoms with Crippen LogP contribution in [0, 0.1) is 11.8 Å². The van der Waals surface area contributed by atoms with Crippen molar-refractivity contribution in [3.05, 3.63) is 35.4 Å². The van der Waals surface area contributed by atoms with Crippen molar-refractivity contribution in [1.82, 2.24) is 5.32 Å². The molecule has 1 aromatic carbocycles. The van der Waals surface area contributed by atoms with Crippen molar-refractivity contribution in [2.24, 2.45) is 17.6 Å². The lowest BCUT2D eigenvalue weighted by molar-refractivity contribution is 0.0941. The minimum atomic E-state index is -0.0692. The number of aliphatic hydroxyl groups is 1. The second-order valence-corrected chi connectivity index (χ2v) is 5.62. The van der Waals surface area contributed by atoms with Crippen molar-refractivity contribution in [2.75, 3.05) is 13.2 Å². The van der Waals surface area contributed by atoms with Crippen molar-refractivity contribution in [3.8, 4) is 0 Å². The summed E-state index contributed by atoms with van der Waals surface area (Å²) in [4.78, 5) is 12.0. The average molecular weight is 278 g/mol. The second kappa shape index (κ2) is 8.72. The molecule has 1 aromatic rings. The van der Waals surface area contributed by atoms with Gasteiger partial charge in [0.05, 0.1) is 0 Å². The number of amides is 1. The van der Waals surface area contributed by atoms with Gasteiger partial charge in [0.25, 0.3) is 5.91 Å². The van der Waals surface area contributed by atoms with Gasteiger partial charge >= 0.3 is 0 Å². The average Bonchev–Trinajstić information content (AvgIpc) is 2.44. The molecule has 0 saturated carbocycles. The van der Waals surface area contributed by atoms with E-state index in [9.17, 15) is 4.79 Å². The van der Waals surface area contributed by atoms with Gasteiger partial charge < -0.3 is 16.2 Å². The van der Waals surface area contributed by atoms with Gasteiger partial charge in [-0.05, 0) is 42.4 Å². The van der Waals surface area contributed by atoms with Crippen molar-refractivity contribution in [3.63, 3.8) is 0 Å².